The van der Waals surface area contributed by atoms with E-state index in [0.29, 0.717) is 18.4 Å². The maximum atomic E-state index is 12.6. The molecule has 8 nitrogen and oxygen atoms in total. The maximum Gasteiger partial charge on any atom is 0.304 e. The number of amides is 1. The molecule has 3 N–H and O–H groups in total. The second-order valence-corrected chi connectivity index (χ2v) is 8.95. The van der Waals surface area contributed by atoms with E-state index >= 15 is 0 Å². The van der Waals surface area contributed by atoms with Gasteiger partial charge < -0.3 is 20.3 Å². The Morgan fingerprint density at radius 1 is 1.17 bits per heavy atom. The second kappa shape index (κ2) is 9.89. The van der Waals surface area contributed by atoms with E-state index in [1.807, 2.05) is 0 Å². The maximum absolute atomic E-state index is 12.6. The number of hydrogen-bond acceptors (Lipinski definition) is 5. The Balaban J connectivity index is 0.000000755. The third-order valence-electron chi connectivity index (χ3n) is 7.23. The van der Waals surface area contributed by atoms with Crippen molar-refractivity contribution in [2.75, 3.05) is 26.2 Å². The van der Waals surface area contributed by atoms with E-state index in [9.17, 15) is 9.59 Å². The summed E-state index contributed by atoms with van der Waals surface area (Å²) in [5, 5.41) is 19.1. The molecule has 0 unspecified atom stereocenters. The number of carboxylic acids is 1. The van der Waals surface area contributed by atoms with Crippen molar-refractivity contribution in [3.8, 4) is 0 Å². The van der Waals surface area contributed by atoms with Gasteiger partial charge in [-0.1, -0.05) is 25.7 Å². The third kappa shape index (κ3) is 5.09. The third-order valence-corrected chi connectivity index (χ3v) is 7.23. The van der Waals surface area contributed by atoms with Gasteiger partial charge in [0, 0.05) is 43.9 Å². The summed E-state index contributed by atoms with van der Waals surface area (Å²) in [4.78, 5) is 34.1. The number of nitrogens with one attached hydrogen (secondary N) is 1. The lowest BCUT2D eigenvalue weighted by molar-refractivity contribution is -0.137. The number of fused-ring (bicyclic) bond motifs is 1. The zero-order valence-electron chi connectivity index (χ0n) is 17.1. The SMILES string of the molecule is O=C(O)CCN1C[C@@H]2[C@H](CNC(=O)C3CCCCCC3)[C@H]3CC[C@]2(C1)O3.O=CO. The summed E-state index contributed by atoms with van der Waals surface area (Å²) >= 11 is 0. The summed E-state index contributed by atoms with van der Waals surface area (Å²) in [6.07, 6.45) is 9.57. The number of carbonyl (C=O) groups is 3. The van der Waals surface area contributed by atoms with Crippen molar-refractivity contribution in [3.63, 3.8) is 0 Å². The van der Waals surface area contributed by atoms with Gasteiger partial charge in [0.25, 0.3) is 6.47 Å². The topological polar surface area (TPSA) is 116 Å². The molecule has 1 aliphatic carbocycles. The molecule has 3 heterocycles. The molecule has 1 spiro atoms. The lowest BCUT2D eigenvalue weighted by Crippen LogP contribution is -2.43. The van der Waals surface area contributed by atoms with Crippen LogP contribution in [0.1, 0.15) is 57.8 Å². The number of hydrogen-bond donors (Lipinski definition) is 3. The molecule has 8 heteroatoms. The van der Waals surface area contributed by atoms with Crippen LogP contribution >= 0.6 is 0 Å². The lowest BCUT2D eigenvalue weighted by Gasteiger charge is -2.30. The molecule has 3 aliphatic heterocycles. The Kier molecular flexibility index (Phi) is 7.51. The fourth-order valence-electron chi connectivity index (χ4n) is 5.89. The molecule has 4 atom stereocenters. The minimum Gasteiger partial charge on any atom is -0.483 e. The van der Waals surface area contributed by atoms with Gasteiger partial charge in [0.15, 0.2) is 0 Å². The van der Waals surface area contributed by atoms with Crippen LogP contribution in [0, 0.1) is 17.8 Å². The van der Waals surface area contributed by atoms with Crippen LogP contribution in [0.2, 0.25) is 0 Å². The van der Waals surface area contributed by atoms with Crippen LogP contribution in [0.5, 0.6) is 0 Å². The second-order valence-electron chi connectivity index (χ2n) is 8.95. The molecular weight excluding hydrogens is 376 g/mol. The first-order valence-electron chi connectivity index (χ1n) is 11.0. The van der Waals surface area contributed by atoms with E-state index in [1.165, 1.54) is 25.7 Å². The molecule has 4 rings (SSSR count). The van der Waals surface area contributed by atoms with Gasteiger partial charge in [0.2, 0.25) is 5.91 Å². The lowest BCUT2D eigenvalue weighted by atomic mass is 9.73. The first kappa shape index (κ1) is 22.0. The molecule has 3 saturated heterocycles. The van der Waals surface area contributed by atoms with E-state index in [0.717, 1.165) is 45.3 Å². The predicted octanol–water partition coefficient (Wildman–Crippen LogP) is 1.73. The minimum absolute atomic E-state index is 0.0825. The quantitative estimate of drug-likeness (QED) is 0.451. The van der Waals surface area contributed by atoms with E-state index in [2.05, 4.69) is 10.2 Å². The molecule has 0 radical (unpaired) electrons. The van der Waals surface area contributed by atoms with Crippen LogP contribution in [0.4, 0.5) is 0 Å². The molecule has 0 aromatic rings. The van der Waals surface area contributed by atoms with Gasteiger partial charge in [-0.3, -0.25) is 19.3 Å². The standard InChI is InChI=1S/C20H32N2O4.CH2O2/c23-18(24)8-10-22-12-16-15(17-7-9-20(16,13-22)26-17)11-21-19(25)14-5-3-1-2-4-6-14;2-1-3/h14-17H,1-13H2,(H,21,25)(H,23,24);1H,(H,2,3)/t15-,16+,17+,20+;/m0./s1. The van der Waals surface area contributed by atoms with E-state index < -0.39 is 5.97 Å². The van der Waals surface area contributed by atoms with E-state index in [-0.39, 0.29) is 36.4 Å². The largest absolute Gasteiger partial charge is 0.483 e. The van der Waals surface area contributed by atoms with Crippen molar-refractivity contribution in [3.05, 3.63) is 0 Å². The number of nitrogens with zero attached hydrogens (tertiary/aromatic N) is 1. The Labute approximate surface area is 172 Å². The van der Waals surface area contributed by atoms with Crippen molar-refractivity contribution in [1.82, 2.24) is 10.2 Å². The highest BCUT2D eigenvalue weighted by atomic mass is 16.5. The smallest absolute Gasteiger partial charge is 0.304 e. The summed E-state index contributed by atoms with van der Waals surface area (Å²) in [5.74, 6) is 0.515. The molecule has 0 aromatic heterocycles. The van der Waals surface area contributed by atoms with E-state index in [4.69, 9.17) is 19.7 Å². The van der Waals surface area contributed by atoms with Gasteiger partial charge >= 0.3 is 5.97 Å². The summed E-state index contributed by atoms with van der Waals surface area (Å²) in [7, 11) is 0. The number of aliphatic carboxylic acids is 1. The summed E-state index contributed by atoms with van der Waals surface area (Å²) in [5.41, 5.74) is -0.0825. The van der Waals surface area contributed by atoms with Gasteiger partial charge in [-0.25, -0.2) is 0 Å². The van der Waals surface area contributed by atoms with Crippen LogP contribution in [0.3, 0.4) is 0 Å². The van der Waals surface area contributed by atoms with Crippen molar-refractivity contribution in [1.29, 1.82) is 0 Å². The Morgan fingerprint density at radius 3 is 2.52 bits per heavy atom. The zero-order chi connectivity index (χ0) is 20.9. The first-order valence-corrected chi connectivity index (χ1v) is 11.0. The highest BCUT2D eigenvalue weighted by molar-refractivity contribution is 5.78. The van der Waals surface area contributed by atoms with Crippen molar-refractivity contribution in [2.45, 2.75) is 69.5 Å². The fourth-order valence-corrected chi connectivity index (χ4v) is 5.89. The number of ether oxygens (including phenoxy) is 1. The van der Waals surface area contributed by atoms with Crippen molar-refractivity contribution >= 4 is 18.3 Å². The molecule has 29 heavy (non-hydrogen) atoms. The summed E-state index contributed by atoms with van der Waals surface area (Å²) in [6, 6.07) is 0. The average molecular weight is 411 g/mol. The molecule has 1 amide bonds. The normalized spacial score (nSPS) is 34.0. The zero-order valence-corrected chi connectivity index (χ0v) is 17.1. The first-order chi connectivity index (χ1) is 14.0. The predicted molar refractivity (Wildman–Crippen MR) is 105 cm³/mol. The van der Waals surface area contributed by atoms with Gasteiger partial charge in [0.05, 0.1) is 18.1 Å². The Hall–Kier alpha value is -1.67. The number of likely N-dealkylation sites (tertiary alicyclic amines) is 1. The summed E-state index contributed by atoms with van der Waals surface area (Å²) < 4.78 is 6.39. The summed E-state index contributed by atoms with van der Waals surface area (Å²) in [6.45, 7) is 2.84. The van der Waals surface area contributed by atoms with Gasteiger partial charge in [-0.05, 0) is 25.7 Å². The van der Waals surface area contributed by atoms with E-state index in [1.54, 1.807) is 0 Å². The monoisotopic (exact) mass is 410 g/mol. The minimum atomic E-state index is -0.739. The molecule has 1 saturated carbocycles. The highest BCUT2D eigenvalue weighted by Gasteiger charge is 2.62. The number of carbonyl (C=O) groups excluding carboxylic acids is 1. The molecule has 164 valence electrons. The molecule has 2 bridgehead atoms. The molecular formula is C21H34N2O6. The Bertz CT molecular complexity index is 592. The highest BCUT2D eigenvalue weighted by Crippen LogP contribution is 2.54. The van der Waals surface area contributed by atoms with Crippen LogP contribution in [0.15, 0.2) is 0 Å². The number of rotatable bonds is 6. The van der Waals surface area contributed by atoms with Crippen LogP contribution in [-0.2, 0) is 19.1 Å². The van der Waals surface area contributed by atoms with Crippen LogP contribution in [-0.4, -0.2) is 71.3 Å². The molecule has 0 aromatic carbocycles. The Morgan fingerprint density at radius 2 is 1.86 bits per heavy atom. The van der Waals surface area contributed by atoms with Gasteiger partial charge in [0.1, 0.15) is 0 Å². The molecule has 4 aliphatic rings. The van der Waals surface area contributed by atoms with Gasteiger partial charge in [-0.2, -0.15) is 0 Å². The van der Waals surface area contributed by atoms with Crippen LogP contribution in [0.25, 0.3) is 0 Å². The van der Waals surface area contributed by atoms with Crippen LogP contribution < -0.4 is 5.32 Å². The molecule has 4 fully saturated rings. The van der Waals surface area contributed by atoms with Gasteiger partial charge in [-0.15, -0.1) is 0 Å². The van der Waals surface area contributed by atoms with Crippen molar-refractivity contribution in [2.24, 2.45) is 17.8 Å². The van der Waals surface area contributed by atoms with Crippen molar-refractivity contribution < 1.29 is 29.3 Å². The average Bonchev–Trinajstić information content (AvgIpc) is 3.25. The fraction of sp³-hybridized carbons (Fsp3) is 0.857. The number of carboxylic acid groups (broad SMARTS) is 2.